The fourth-order valence-corrected chi connectivity index (χ4v) is 4.49. The van der Waals surface area contributed by atoms with Gasteiger partial charge in [0.15, 0.2) is 0 Å². The van der Waals surface area contributed by atoms with Gasteiger partial charge in [-0.2, -0.15) is 0 Å². The summed E-state index contributed by atoms with van der Waals surface area (Å²) in [5.41, 5.74) is 0.642. The number of anilines is 2. The Bertz CT molecular complexity index is 1090. The van der Waals surface area contributed by atoms with Crippen molar-refractivity contribution in [1.29, 1.82) is 0 Å². The number of hydrogen-bond donors (Lipinski definition) is 1. The van der Waals surface area contributed by atoms with Crippen LogP contribution in [-0.4, -0.2) is 46.3 Å². The SMILES string of the molecule is CCOC(=O)c1ccc(NC(=O)[C@@H](C)N(c2ccc(OC)c(Cl)c2)S(C)(=O)=O)cc1Cl. The normalized spacial score (nSPS) is 12.1. The lowest BCUT2D eigenvalue weighted by molar-refractivity contribution is -0.116. The molecule has 2 rings (SSSR count). The van der Waals surface area contributed by atoms with Crippen LogP contribution in [0.25, 0.3) is 0 Å². The van der Waals surface area contributed by atoms with Crippen LogP contribution >= 0.6 is 23.2 Å². The third kappa shape index (κ3) is 6.03. The number of hydrogen-bond acceptors (Lipinski definition) is 6. The molecule has 11 heteroatoms. The Morgan fingerprint density at radius 1 is 1.13 bits per heavy atom. The standard InChI is InChI=1S/C20H22Cl2N2O6S/c1-5-30-20(26)15-8-6-13(10-16(15)21)23-19(25)12(2)24(31(4,27)28)14-7-9-18(29-3)17(22)11-14/h6-12H,5H2,1-4H3,(H,23,25)/t12-/m1/s1. The minimum atomic E-state index is -3.84. The molecule has 2 aromatic carbocycles. The van der Waals surface area contributed by atoms with E-state index < -0.39 is 27.9 Å². The molecule has 31 heavy (non-hydrogen) atoms. The lowest BCUT2D eigenvalue weighted by Crippen LogP contribution is -2.45. The Balaban J connectivity index is 2.29. The minimum Gasteiger partial charge on any atom is -0.495 e. The molecule has 1 atom stereocenters. The van der Waals surface area contributed by atoms with E-state index in [1.165, 1.54) is 50.4 Å². The fourth-order valence-electron chi connectivity index (χ4n) is 2.82. The van der Waals surface area contributed by atoms with Crippen molar-refractivity contribution in [3.63, 3.8) is 0 Å². The molecule has 0 heterocycles. The molecule has 0 fully saturated rings. The lowest BCUT2D eigenvalue weighted by Gasteiger charge is -2.28. The summed E-state index contributed by atoms with van der Waals surface area (Å²) < 4.78 is 35.8. The van der Waals surface area contributed by atoms with Crippen LogP contribution in [0.1, 0.15) is 24.2 Å². The number of ether oxygens (including phenoxy) is 2. The van der Waals surface area contributed by atoms with E-state index in [9.17, 15) is 18.0 Å². The van der Waals surface area contributed by atoms with Gasteiger partial charge in [-0.3, -0.25) is 9.10 Å². The molecule has 0 aliphatic heterocycles. The summed E-state index contributed by atoms with van der Waals surface area (Å²) in [4.78, 5) is 24.7. The Morgan fingerprint density at radius 2 is 1.81 bits per heavy atom. The number of esters is 1. The monoisotopic (exact) mass is 488 g/mol. The molecular formula is C20H22Cl2N2O6S. The lowest BCUT2D eigenvalue weighted by atomic mass is 10.2. The summed E-state index contributed by atoms with van der Waals surface area (Å²) in [6.45, 7) is 3.30. The van der Waals surface area contributed by atoms with Gasteiger partial charge in [0.1, 0.15) is 11.8 Å². The summed E-state index contributed by atoms with van der Waals surface area (Å²) in [7, 11) is -2.40. The zero-order chi connectivity index (χ0) is 23.3. The molecule has 0 unspecified atom stereocenters. The Kier molecular flexibility index (Phi) is 8.16. The maximum Gasteiger partial charge on any atom is 0.339 e. The predicted octanol–water partition coefficient (Wildman–Crippen LogP) is 3.97. The first-order valence-electron chi connectivity index (χ1n) is 9.10. The average molecular weight is 489 g/mol. The van der Waals surface area contributed by atoms with Crippen molar-refractivity contribution >= 4 is 56.5 Å². The van der Waals surface area contributed by atoms with Gasteiger partial charge in [0.05, 0.1) is 41.3 Å². The highest BCUT2D eigenvalue weighted by molar-refractivity contribution is 7.92. The second-order valence-corrected chi connectivity index (χ2v) is 9.13. The van der Waals surface area contributed by atoms with Crippen LogP contribution in [0.2, 0.25) is 10.0 Å². The summed E-state index contributed by atoms with van der Waals surface area (Å²) in [6.07, 6.45) is 0.986. The number of benzene rings is 2. The summed E-state index contributed by atoms with van der Waals surface area (Å²) >= 11 is 12.2. The molecule has 0 saturated heterocycles. The number of carbonyl (C=O) groups is 2. The van der Waals surface area contributed by atoms with Gasteiger partial charge in [0.25, 0.3) is 0 Å². The first kappa shape index (κ1) is 24.8. The number of halogens is 2. The van der Waals surface area contributed by atoms with Crippen molar-refractivity contribution in [2.45, 2.75) is 19.9 Å². The maximum atomic E-state index is 12.8. The van der Waals surface area contributed by atoms with Crippen molar-refractivity contribution in [2.24, 2.45) is 0 Å². The largest absolute Gasteiger partial charge is 0.495 e. The number of methoxy groups -OCH3 is 1. The van der Waals surface area contributed by atoms with Crippen molar-refractivity contribution < 1.29 is 27.5 Å². The molecular weight excluding hydrogens is 467 g/mol. The molecule has 0 aliphatic carbocycles. The molecule has 0 aromatic heterocycles. The van der Waals surface area contributed by atoms with Crippen LogP contribution in [-0.2, 0) is 19.6 Å². The Morgan fingerprint density at radius 3 is 2.32 bits per heavy atom. The first-order chi connectivity index (χ1) is 14.5. The van der Waals surface area contributed by atoms with Crippen LogP contribution in [0.4, 0.5) is 11.4 Å². The van der Waals surface area contributed by atoms with Crippen molar-refractivity contribution in [3.05, 3.63) is 52.0 Å². The van der Waals surface area contributed by atoms with Crippen molar-refractivity contribution in [2.75, 3.05) is 29.6 Å². The topological polar surface area (TPSA) is 102 Å². The Hall–Kier alpha value is -2.49. The average Bonchev–Trinajstić information content (AvgIpc) is 2.67. The second-order valence-electron chi connectivity index (χ2n) is 6.46. The third-order valence-electron chi connectivity index (χ3n) is 4.21. The summed E-state index contributed by atoms with van der Waals surface area (Å²) in [5, 5.41) is 2.89. The van der Waals surface area contributed by atoms with Crippen LogP contribution in [0, 0.1) is 0 Å². The number of amides is 1. The zero-order valence-electron chi connectivity index (χ0n) is 17.3. The van der Waals surface area contributed by atoms with Gasteiger partial charge in [-0.15, -0.1) is 0 Å². The van der Waals surface area contributed by atoms with E-state index in [1.54, 1.807) is 6.92 Å². The van der Waals surface area contributed by atoms with E-state index in [1.807, 2.05) is 0 Å². The van der Waals surface area contributed by atoms with E-state index in [2.05, 4.69) is 5.32 Å². The molecule has 1 amide bonds. The maximum absolute atomic E-state index is 12.8. The van der Waals surface area contributed by atoms with Crippen LogP contribution in [0.3, 0.4) is 0 Å². The Labute approximate surface area is 191 Å². The van der Waals surface area contributed by atoms with Crippen molar-refractivity contribution in [3.8, 4) is 5.75 Å². The number of nitrogens with one attached hydrogen (secondary N) is 1. The fraction of sp³-hybridized carbons (Fsp3) is 0.300. The highest BCUT2D eigenvalue weighted by atomic mass is 35.5. The molecule has 0 saturated carbocycles. The van der Waals surface area contributed by atoms with Gasteiger partial charge in [0, 0.05) is 5.69 Å². The van der Waals surface area contributed by atoms with E-state index in [0.29, 0.717) is 5.75 Å². The van der Waals surface area contributed by atoms with Gasteiger partial charge >= 0.3 is 5.97 Å². The molecule has 1 N–H and O–H groups in total. The van der Waals surface area contributed by atoms with Gasteiger partial charge in [-0.25, -0.2) is 13.2 Å². The summed E-state index contributed by atoms with van der Waals surface area (Å²) in [6, 6.07) is 7.54. The van der Waals surface area contributed by atoms with Gasteiger partial charge in [-0.1, -0.05) is 23.2 Å². The molecule has 0 radical (unpaired) electrons. The second kappa shape index (κ2) is 10.2. The smallest absolute Gasteiger partial charge is 0.339 e. The van der Waals surface area contributed by atoms with Gasteiger partial charge < -0.3 is 14.8 Å². The molecule has 168 valence electrons. The summed E-state index contributed by atoms with van der Waals surface area (Å²) in [5.74, 6) is -0.831. The van der Waals surface area contributed by atoms with E-state index in [4.69, 9.17) is 32.7 Å². The van der Waals surface area contributed by atoms with Crippen LogP contribution < -0.4 is 14.4 Å². The first-order valence-corrected chi connectivity index (χ1v) is 11.7. The molecule has 0 bridgehead atoms. The molecule has 0 aliphatic rings. The van der Waals surface area contributed by atoms with Crippen LogP contribution in [0.15, 0.2) is 36.4 Å². The number of rotatable bonds is 8. The number of carbonyl (C=O) groups excluding carboxylic acids is 2. The van der Waals surface area contributed by atoms with E-state index >= 15 is 0 Å². The molecule has 2 aromatic rings. The van der Waals surface area contributed by atoms with Gasteiger partial charge in [0.2, 0.25) is 15.9 Å². The quantitative estimate of drug-likeness (QED) is 0.563. The van der Waals surface area contributed by atoms with E-state index in [0.717, 1.165) is 10.6 Å². The zero-order valence-corrected chi connectivity index (χ0v) is 19.6. The molecule has 8 nitrogen and oxygen atoms in total. The van der Waals surface area contributed by atoms with E-state index in [-0.39, 0.29) is 33.6 Å². The predicted molar refractivity (Wildman–Crippen MR) is 121 cm³/mol. The number of nitrogens with zero attached hydrogens (tertiary/aromatic N) is 1. The third-order valence-corrected chi connectivity index (χ3v) is 6.06. The van der Waals surface area contributed by atoms with Crippen molar-refractivity contribution in [1.82, 2.24) is 0 Å². The molecule has 0 spiro atoms. The highest BCUT2D eigenvalue weighted by Crippen LogP contribution is 2.31. The number of sulfonamides is 1. The van der Waals surface area contributed by atoms with Gasteiger partial charge in [-0.05, 0) is 50.2 Å². The highest BCUT2D eigenvalue weighted by Gasteiger charge is 2.30. The minimum absolute atomic E-state index is 0.0887. The van der Waals surface area contributed by atoms with Crippen LogP contribution in [0.5, 0.6) is 5.75 Å².